The van der Waals surface area contributed by atoms with Gasteiger partial charge in [0.05, 0.1) is 27.2 Å². The summed E-state index contributed by atoms with van der Waals surface area (Å²) in [6, 6.07) is 5.93. The highest BCUT2D eigenvalue weighted by Crippen LogP contribution is 2.24. The molecule has 0 aromatic heterocycles. The van der Waals surface area contributed by atoms with Gasteiger partial charge in [0.15, 0.2) is 0 Å². The molecule has 0 unspecified atom stereocenters. The number of nitro benzene ring substituents is 2. The minimum absolute atomic E-state index is 0.117. The van der Waals surface area contributed by atoms with Gasteiger partial charge in [-0.3, -0.25) is 25.0 Å². The second-order valence-corrected chi connectivity index (χ2v) is 4.77. The van der Waals surface area contributed by atoms with E-state index in [4.69, 9.17) is 11.6 Å². The Bertz CT molecular complexity index is 795. The number of non-ortho nitro benzene ring substituents is 2. The number of amides is 1. The lowest BCUT2D eigenvalue weighted by molar-refractivity contribution is -0.394. The van der Waals surface area contributed by atoms with E-state index in [1.807, 2.05) is 0 Å². The molecule has 0 heterocycles. The Balaban J connectivity index is 2.38. The summed E-state index contributed by atoms with van der Waals surface area (Å²) in [7, 11) is 0. The van der Waals surface area contributed by atoms with Gasteiger partial charge in [0, 0.05) is 17.2 Å². The fourth-order valence-electron chi connectivity index (χ4n) is 1.72. The zero-order valence-corrected chi connectivity index (χ0v) is 11.9. The fourth-order valence-corrected chi connectivity index (χ4v) is 1.88. The number of benzene rings is 2. The molecular formula is C13H7ClFN3O5. The monoisotopic (exact) mass is 339 g/mol. The predicted octanol–water partition coefficient (Wildman–Crippen LogP) is 3.55. The first-order valence-electron chi connectivity index (χ1n) is 5.98. The molecule has 2 aromatic rings. The highest BCUT2D eigenvalue weighted by atomic mass is 35.5. The molecule has 0 spiro atoms. The first-order chi connectivity index (χ1) is 10.8. The van der Waals surface area contributed by atoms with Gasteiger partial charge in [0.1, 0.15) is 5.82 Å². The fraction of sp³-hybridized carbons (Fsp3) is 0. The Morgan fingerprint density at radius 2 is 1.61 bits per heavy atom. The number of hydrogen-bond donors (Lipinski definition) is 1. The highest BCUT2D eigenvalue weighted by Gasteiger charge is 2.20. The van der Waals surface area contributed by atoms with E-state index >= 15 is 0 Å². The second kappa shape index (κ2) is 6.36. The first-order valence-corrected chi connectivity index (χ1v) is 6.36. The van der Waals surface area contributed by atoms with E-state index in [2.05, 4.69) is 5.32 Å². The number of nitro groups is 2. The minimum atomic E-state index is -0.932. The van der Waals surface area contributed by atoms with Crippen LogP contribution in [0.2, 0.25) is 5.02 Å². The Hall–Kier alpha value is -3.07. The van der Waals surface area contributed by atoms with Crippen molar-refractivity contribution in [2.75, 3.05) is 5.32 Å². The quantitative estimate of drug-likeness (QED) is 0.675. The lowest BCUT2D eigenvalue weighted by Crippen LogP contribution is -2.13. The van der Waals surface area contributed by atoms with Gasteiger partial charge in [0.2, 0.25) is 0 Å². The summed E-state index contributed by atoms with van der Waals surface area (Å²) < 4.78 is 13.6. The molecule has 0 aliphatic rings. The van der Waals surface area contributed by atoms with Crippen molar-refractivity contribution in [2.24, 2.45) is 0 Å². The van der Waals surface area contributed by atoms with Crippen molar-refractivity contribution in [3.05, 3.63) is 73.0 Å². The summed E-state index contributed by atoms with van der Waals surface area (Å²) >= 11 is 5.58. The molecule has 0 saturated heterocycles. The first kappa shape index (κ1) is 16.3. The van der Waals surface area contributed by atoms with E-state index < -0.39 is 32.9 Å². The maximum absolute atomic E-state index is 13.6. The van der Waals surface area contributed by atoms with Crippen LogP contribution in [0.15, 0.2) is 36.4 Å². The third kappa shape index (κ3) is 3.77. The summed E-state index contributed by atoms with van der Waals surface area (Å²) in [4.78, 5) is 31.9. The van der Waals surface area contributed by atoms with Crippen LogP contribution in [-0.4, -0.2) is 15.8 Å². The van der Waals surface area contributed by atoms with Crippen LogP contribution in [0.5, 0.6) is 0 Å². The van der Waals surface area contributed by atoms with Gasteiger partial charge in [-0.15, -0.1) is 0 Å². The maximum atomic E-state index is 13.6. The molecule has 0 fully saturated rings. The molecule has 0 atom stereocenters. The van der Waals surface area contributed by atoms with Crippen LogP contribution >= 0.6 is 11.6 Å². The zero-order chi connectivity index (χ0) is 17.1. The smallest absolute Gasteiger partial charge is 0.277 e. The molecule has 0 aliphatic heterocycles. The third-order valence-corrected chi connectivity index (χ3v) is 3.00. The largest absolute Gasteiger partial charge is 0.319 e. The SMILES string of the molecule is O=C(Nc1ccc(Cl)cc1F)c1cc([N+](=O)[O-])cc([N+](=O)[O-])c1. The molecule has 2 aromatic carbocycles. The minimum Gasteiger partial charge on any atom is -0.319 e. The highest BCUT2D eigenvalue weighted by molar-refractivity contribution is 6.30. The average Bonchev–Trinajstić information content (AvgIpc) is 2.49. The molecule has 2 rings (SSSR count). The van der Waals surface area contributed by atoms with Gasteiger partial charge in [-0.1, -0.05) is 11.6 Å². The Labute approximate surface area is 132 Å². The Morgan fingerprint density at radius 1 is 1.04 bits per heavy atom. The van der Waals surface area contributed by atoms with Crippen molar-refractivity contribution >= 4 is 34.6 Å². The summed E-state index contributed by atoms with van der Waals surface area (Å²) in [6.07, 6.45) is 0. The second-order valence-electron chi connectivity index (χ2n) is 4.33. The van der Waals surface area contributed by atoms with Crippen molar-refractivity contribution < 1.29 is 19.0 Å². The molecule has 1 N–H and O–H groups in total. The molecule has 0 radical (unpaired) electrons. The lowest BCUT2D eigenvalue weighted by atomic mass is 10.1. The molecule has 0 saturated carbocycles. The van der Waals surface area contributed by atoms with Gasteiger partial charge >= 0.3 is 0 Å². The molecule has 0 aliphatic carbocycles. The molecule has 23 heavy (non-hydrogen) atoms. The van der Waals surface area contributed by atoms with Gasteiger partial charge in [-0.2, -0.15) is 0 Å². The van der Waals surface area contributed by atoms with E-state index in [1.54, 1.807) is 0 Å². The van der Waals surface area contributed by atoms with Crippen LogP contribution in [0.4, 0.5) is 21.5 Å². The van der Waals surface area contributed by atoms with Gasteiger partial charge in [-0.05, 0) is 18.2 Å². The number of anilines is 1. The van der Waals surface area contributed by atoms with E-state index in [0.717, 1.165) is 24.3 Å². The molecule has 1 amide bonds. The van der Waals surface area contributed by atoms with Gasteiger partial charge < -0.3 is 5.32 Å². The number of halogens is 2. The van der Waals surface area contributed by atoms with Crippen molar-refractivity contribution in [3.8, 4) is 0 Å². The predicted molar refractivity (Wildman–Crippen MR) is 79.1 cm³/mol. The normalized spacial score (nSPS) is 10.2. The van der Waals surface area contributed by atoms with Crippen LogP contribution < -0.4 is 5.32 Å². The van der Waals surface area contributed by atoms with Gasteiger partial charge in [0.25, 0.3) is 17.3 Å². The zero-order valence-electron chi connectivity index (χ0n) is 11.2. The molecule has 118 valence electrons. The van der Waals surface area contributed by atoms with E-state index in [0.29, 0.717) is 0 Å². The Morgan fingerprint density at radius 3 is 2.09 bits per heavy atom. The Kier molecular flexibility index (Phi) is 4.51. The van der Waals surface area contributed by atoms with Crippen LogP contribution in [0, 0.1) is 26.0 Å². The lowest BCUT2D eigenvalue weighted by Gasteiger charge is -2.07. The van der Waals surface area contributed by atoms with E-state index in [1.165, 1.54) is 12.1 Å². The van der Waals surface area contributed by atoms with Crippen molar-refractivity contribution in [1.82, 2.24) is 0 Å². The standard InChI is InChI=1S/C13H7ClFN3O5/c14-8-1-2-12(11(15)5-8)16-13(19)7-3-9(17(20)21)6-10(4-7)18(22)23/h1-6H,(H,16,19). The summed E-state index contributed by atoms with van der Waals surface area (Å²) in [5.74, 6) is -1.75. The van der Waals surface area contributed by atoms with Crippen molar-refractivity contribution in [3.63, 3.8) is 0 Å². The van der Waals surface area contributed by atoms with Crippen molar-refractivity contribution in [1.29, 1.82) is 0 Å². The number of carbonyl (C=O) groups excluding carboxylic acids is 1. The molecule has 8 nitrogen and oxygen atoms in total. The number of nitrogens with one attached hydrogen (secondary N) is 1. The topological polar surface area (TPSA) is 115 Å². The van der Waals surface area contributed by atoms with E-state index in [9.17, 15) is 29.4 Å². The molecule has 0 bridgehead atoms. The van der Waals surface area contributed by atoms with Crippen LogP contribution in [0.3, 0.4) is 0 Å². The summed E-state index contributed by atoms with van der Waals surface area (Å²) in [5, 5.41) is 23.8. The van der Waals surface area contributed by atoms with Crippen LogP contribution in [-0.2, 0) is 0 Å². The van der Waals surface area contributed by atoms with Gasteiger partial charge in [-0.25, -0.2) is 4.39 Å². The van der Waals surface area contributed by atoms with E-state index in [-0.39, 0.29) is 16.3 Å². The van der Waals surface area contributed by atoms with Crippen LogP contribution in [0.1, 0.15) is 10.4 Å². The number of rotatable bonds is 4. The maximum Gasteiger partial charge on any atom is 0.277 e. The van der Waals surface area contributed by atoms with Crippen LogP contribution in [0.25, 0.3) is 0 Å². The number of nitrogens with zero attached hydrogens (tertiary/aromatic N) is 2. The molecule has 10 heteroatoms. The number of carbonyl (C=O) groups is 1. The summed E-state index contributed by atoms with van der Waals surface area (Å²) in [5.41, 5.74) is -1.81. The van der Waals surface area contributed by atoms with Crippen molar-refractivity contribution in [2.45, 2.75) is 0 Å². The molecular weight excluding hydrogens is 333 g/mol. The summed E-state index contributed by atoms with van der Waals surface area (Å²) in [6.45, 7) is 0. The number of hydrogen-bond acceptors (Lipinski definition) is 5. The third-order valence-electron chi connectivity index (χ3n) is 2.77. The average molecular weight is 340 g/mol.